The van der Waals surface area contributed by atoms with Crippen molar-refractivity contribution in [2.45, 2.75) is 38.3 Å². The molecular weight excluding hydrogens is 327 g/mol. The van der Waals surface area contributed by atoms with E-state index in [1.54, 1.807) is 0 Å². The van der Waals surface area contributed by atoms with Crippen molar-refractivity contribution in [3.8, 4) is 0 Å². The van der Waals surface area contributed by atoms with Gasteiger partial charge in [0, 0.05) is 19.1 Å². The fourth-order valence-electron chi connectivity index (χ4n) is 3.61. The van der Waals surface area contributed by atoms with Crippen molar-refractivity contribution in [2.75, 3.05) is 6.54 Å². The summed E-state index contributed by atoms with van der Waals surface area (Å²) in [6.07, 6.45) is 6.57. The average Bonchev–Trinajstić information content (AvgIpc) is 3.09. The monoisotopic (exact) mass is 350 g/mol. The van der Waals surface area contributed by atoms with Crippen molar-refractivity contribution >= 4 is 16.6 Å². The minimum Gasteiger partial charge on any atom is -0.310 e. The molecule has 2 aromatic carbocycles. The van der Waals surface area contributed by atoms with Crippen LogP contribution in [0.5, 0.6) is 0 Å². The zero-order chi connectivity index (χ0) is 17.8. The normalized spacial score (nSPS) is 17.4. The lowest BCUT2D eigenvalue weighted by Crippen LogP contribution is -2.32. The van der Waals surface area contributed by atoms with Crippen molar-refractivity contribution in [3.05, 3.63) is 66.0 Å². The van der Waals surface area contributed by atoms with Crippen LogP contribution in [0.4, 0.5) is 4.39 Å². The van der Waals surface area contributed by atoms with Gasteiger partial charge in [-0.25, -0.2) is 9.07 Å². The third kappa shape index (κ3) is 3.83. The van der Waals surface area contributed by atoms with E-state index in [1.165, 1.54) is 17.7 Å². The third-order valence-electron chi connectivity index (χ3n) is 5.03. The highest BCUT2D eigenvalue weighted by Crippen LogP contribution is 2.24. The first-order valence-corrected chi connectivity index (χ1v) is 9.26. The third-order valence-corrected chi connectivity index (χ3v) is 5.03. The van der Waals surface area contributed by atoms with Crippen LogP contribution in [0, 0.1) is 5.82 Å². The van der Waals surface area contributed by atoms with Crippen LogP contribution in [-0.2, 0) is 6.54 Å². The summed E-state index contributed by atoms with van der Waals surface area (Å²) < 4.78 is 15.1. The molecule has 1 N–H and O–H groups in total. The molecule has 3 aromatic rings. The van der Waals surface area contributed by atoms with E-state index in [4.69, 9.17) is 0 Å². The Balaban J connectivity index is 1.27. The van der Waals surface area contributed by atoms with Crippen LogP contribution >= 0.6 is 0 Å². The first-order valence-electron chi connectivity index (χ1n) is 9.26. The molecule has 0 amide bonds. The molecular formula is C21H23FN4. The Morgan fingerprint density at radius 3 is 2.81 bits per heavy atom. The standard InChI is InChI=1S/C21H23FN4/c22-18-10-8-16(9-11-18)17-12-13-23-19(15-17)5-3-4-14-26-21-7-2-1-6-20(21)24-25-26/h1-2,6-12,19,23H,3-5,13-15H2. The SMILES string of the molecule is Fc1ccc(C2=CCNC(CCCCn3nnc4ccccc43)C2)cc1. The van der Waals surface area contributed by atoms with Crippen LogP contribution in [0.15, 0.2) is 54.6 Å². The molecule has 2 heterocycles. The van der Waals surface area contributed by atoms with E-state index >= 15 is 0 Å². The predicted octanol–water partition coefficient (Wildman–Crippen LogP) is 4.19. The highest BCUT2D eigenvalue weighted by Gasteiger charge is 2.16. The summed E-state index contributed by atoms with van der Waals surface area (Å²) in [5, 5.41) is 12.0. The number of aryl methyl sites for hydroxylation is 1. The molecule has 1 aliphatic rings. The van der Waals surface area contributed by atoms with Gasteiger partial charge in [-0.1, -0.05) is 42.0 Å². The lowest BCUT2D eigenvalue weighted by Gasteiger charge is -2.24. The summed E-state index contributed by atoms with van der Waals surface area (Å²) in [6, 6.07) is 15.4. The van der Waals surface area contributed by atoms with E-state index in [-0.39, 0.29) is 5.82 Å². The number of benzene rings is 2. The van der Waals surface area contributed by atoms with Gasteiger partial charge in [-0.15, -0.1) is 5.10 Å². The van der Waals surface area contributed by atoms with Gasteiger partial charge in [0.05, 0.1) is 5.52 Å². The lowest BCUT2D eigenvalue weighted by atomic mass is 9.93. The van der Waals surface area contributed by atoms with E-state index in [1.807, 2.05) is 35.0 Å². The number of nitrogens with zero attached hydrogens (tertiary/aromatic N) is 3. The maximum absolute atomic E-state index is 13.1. The Morgan fingerprint density at radius 1 is 1.08 bits per heavy atom. The molecule has 4 rings (SSSR count). The molecule has 4 nitrogen and oxygen atoms in total. The smallest absolute Gasteiger partial charge is 0.123 e. The number of halogens is 1. The predicted molar refractivity (Wildman–Crippen MR) is 102 cm³/mol. The van der Waals surface area contributed by atoms with Crippen LogP contribution in [0.1, 0.15) is 31.2 Å². The summed E-state index contributed by atoms with van der Waals surface area (Å²) in [5.41, 5.74) is 4.50. The zero-order valence-electron chi connectivity index (χ0n) is 14.7. The Bertz CT molecular complexity index is 898. The van der Waals surface area contributed by atoms with Crippen molar-refractivity contribution in [3.63, 3.8) is 0 Å². The molecule has 5 heteroatoms. The highest BCUT2D eigenvalue weighted by atomic mass is 19.1. The Labute approximate surface area is 152 Å². The van der Waals surface area contributed by atoms with Crippen LogP contribution < -0.4 is 5.32 Å². The van der Waals surface area contributed by atoms with E-state index in [0.29, 0.717) is 6.04 Å². The van der Waals surface area contributed by atoms with Crippen molar-refractivity contribution < 1.29 is 4.39 Å². The summed E-state index contributed by atoms with van der Waals surface area (Å²) in [6.45, 7) is 1.78. The largest absolute Gasteiger partial charge is 0.310 e. The molecule has 0 radical (unpaired) electrons. The molecule has 1 aromatic heterocycles. The molecule has 0 bridgehead atoms. The number of unbranched alkanes of at least 4 members (excludes halogenated alkanes) is 1. The second kappa shape index (κ2) is 7.79. The molecule has 26 heavy (non-hydrogen) atoms. The van der Waals surface area contributed by atoms with Gasteiger partial charge in [-0.05, 0) is 54.7 Å². The van der Waals surface area contributed by atoms with Crippen molar-refractivity contribution in [2.24, 2.45) is 0 Å². The maximum Gasteiger partial charge on any atom is 0.123 e. The van der Waals surface area contributed by atoms with Gasteiger partial charge in [0.2, 0.25) is 0 Å². The summed E-state index contributed by atoms with van der Waals surface area (Å²) in [7, 11) is 0. The molecule has 0 aliphatic carbocycles. The van der Waals surface area contributed by atoms with Gasteiger partial charge in [-0.2, -0.15) is 0 Å². The fourth-order valence-corrected chi connectivity index (χ4v) is 3.61. The van der Waals surface area contributed by atoms with Gasteiger partial charge in [0.25, 0.3) is 0 Å². The van der Waals surface area contributed by atoms with Crippen molar-refractivity contribution in [1.29, 1.82) is 0 Å². The summed E-state index contributed by atoms with van der Waals surface area (Å²) in [5.74, 6) is -0.180. The second-order valence-electron chi connectivity index (χ2n) is 6.84. The van der Waals surface area contributed by atoms with Gasteiger partial charge in [0.1, 0.15) is 11.3 Å². The van der Waals surface area contributed by atoms with Crippen LogP contribution in [-0.4, -0.2) is 27.6 Å². The number of hydrogen-bond donors (Lipinski definition) is 1. The maximum atomic E-state index is 13.1. The number of fused-ring (bicyclic) bond motifs is 1. The molecule has 1 unspecified atom stereocenters. The molecule has 0 spiro atoms. The van der Waals surface area contributed by atoms with Gasteiger partial charge in [0.15, 0.2) is 0 Å². The van der Waals surface area contributed by atoms with Crippen molar-refractivity contribution in [1.82, 2.24) is 20.3 Å². The second-order valence-corrected chi connectivity index (χ2v) is 6.84. The average molecular weight is 350 g/mol. The van der Waals surface area contributed by atoms with Gasteiger partial charge in [-0.3, -0.25) is 0 Å². The number of para-hydroxylation sites is 1. The van der Waals surface area contributed by atoms with Crippen LogP contribution in [0.2, 0.25) is 0 Å². The van der Waals surface area contributed by atoms with E-state index < -0.39 is 0 Å². The van der Waals surface area contributed by atoms with Gasteiger partial charge < -0.3 is 5.32 Å². The zero-order valence-corrected chi connectivity index (χ0v) is 14.7. The van der Waals surface area contributed by atoms with E-state index in [0.717, 1.165) is 55.4 Å². The number of nitrogens with one attached hydrogen (secondary N) is 1. The van der Waals surface area contributed by atoms with Gasteiger partial charge >= 0.3 is 0 Å². The van der Waals surface area contributed by atoms with E-state index in [9.17, 15) is 4.39 Å². The summed E-state index contributed by atoms with van der Waals surface area (Å²) in [4.78, 5) is 0. The Hall–Kier alpha value is -2.53. The molecule has 1 aliphatic heterocycles. The quantitative estimate of drug-likeness (QED) is 0.678. The molecule has 1 atom stereocenters. The minimum atomic E-state index is -0.180. The number of hydrogen-bond acceptors (Lipinski definition) is 3. The lowest BCUT2D eigenvalue weighted by molar-refractivity contribution is 0.456. The number of aromatic nitrogens is 3. The Kier molecular flexibility index (Phi) is 5.07. The minimum absolute atomic E-state index is 0.180. The first kappa shape index (κ1) is 16.9. The number of rotatable bonds is 6. The topological polar surface area (TPSA) is 42.7 Å². The molecule has 134 valence electrons. The Morgan fingerprint density at radius 2 is 1.92 bits per heavy atom. The summed E-state index contributed by atoms with van der Waals surface area (Å²) >= 11 is 0. The fraction of sp³-hybridized carbons (Fsp3) is 0.333. The molecule has 0 fully saturated rings. The highest BCUT2D eigenvalue weighted by molar-refractivity contribution is 5.73. The van der Waals surface area contributed by atoms with Crippen LogP contribution in [0.25, 0.3) is 16.6 Å². The first-order chi connectivity index (χ1) is 12.8. The molecule has 0 saturated carbocycles. The molecule has 0 saturated heterocycles. The van der Waals surface area contributed by atoms with E-state index in [2.05, 4.69) is 27.8 Å². The van der Waals surface area contributed by atoms with Crippen LogP contribution in [0.3, 0.4) is 0 Å².